The highest BCUT2D eigenvalue weighted by Gasteiger charge is 2.14. The molecule has 0 saturated heterocycles. The van der Waals surface area contributed by atoms with Gasteiger partial charge in [-0.3, -0.25) is 0 Å². The van der Waals surface area contributed by atoms with Crippen LogP contribution in [0.3, 0.4) is 0 Å². The van der Waals surface area contributed by atoms with Crippen LogP contribution in [-0.4, -0.2) is 33.3 Å². The fourth-order valence-corrected chi connectivity index (χ4v) is 3.50. The number of nitrogens with zero attached hydrogens (tertiary/aromatic N) is 3. The maximum atomic E-state index is 5.64. The molecule has 8 heteroatoms. The molecule has 4 rings (SSSR count). The van der Waals surface area contributed by atoms with Gasteiger partial charge in [0, 0.05) is 6.07 Å². The normalized spacial score (nSPS) is 11.1. The van der Waals surface area contributed by atoms with E-state index in [4.69, 9.17) is 14.0 Å². The number of benzene rings is 2. The van der Waals surface area contributed by atoms with Gasteiger partial charge >= 0.3 is 0 Å². The molecule has 2 aromatic heterocycles. The second kappa shape index (κ2) is 8.35. The Labute approximate surface area is 166 Å². The second-order valence-electron chi connectivity index (χ2n) is 5.88. The summed E-state index contributed by atoms with van der Waals surface area (Å²) in [5.41, 5.74) is 2.64. The summed E-state index contributed by atoms with van der Waals surface area (Å²) in [6.07, 6.45) is 0. The van der Waals surface area contributed by atoms with Crippen LogP contribution in [-0.2, 0) is 5.75 Å². The average Bonchev–Trinajstić information content (AvgIpc) is 3.33. The monoisotopic (exact) mass is 396 g/mol. The molecule has 28 heavy (non-hydrogen) atoms. The average molecular weight is 396 g/mol. The van der Waals surface area contributed by atoms with Crippen molar-refractivity contribution in [3.05, 3.63) is 48.4 Å². The van der Waals surface area contributed by atoms with Crippen LogP contribution in [0.2, 0.25) is 0 Å². The number of aromatic nitrogens is 4. The smallest absolute Gasteiger partial charge is 0.237 e. The van der Waals surface area contributed by atoms with Gasteiger partial charge in [0.25, 0.3) is 0 Å². The van der Waals surface area contributed by atoms with E-state index in [1.165, 1.54) is 11.8 Å². The Morgan fingerprint density at radius 1 is 1.04 bits per heavy atom. The maximum absolute atomic E-state index is 5.64. The third-order valence-electron chi connectivity index (χ3n) is 3.97. The molecule has 0 bridgehead atoms. The maximum Gasteiger partial charge on any atom is 0.237 e. The lowest BCUT2D eigenvalue weighted by molar-refractivity contribution is 0.340. The van der Waals surface area contributed by atoms with Gasteiger partial charge in [-0.15, -0.1) is 0 Å². The molecule has 0 spiro atoms. The van der Waals surface area contributed by atoms with E-state index in [0.717, 1.165) is 33.3 Å². The minimum absolute atomic E-state index is 0.516. The molecule has 2 heterocycles. The largest absolute Gasteiger partial charge is 0.494 e. The highest BCUT2D eigenvalue weighted by atomic mass is 32.2. The van der Waals surface area contributed by atoms with Gasteiger partial charge in [0.1, 0.15) is 11.5 Å². The molecule has 0 amide bonds. The van der Waals surface area contributed by atoms with E-state index >= 15 is 0 Å². The molecule has 1 N–H and O–H groups in total. The van der Waals surface area contributed by atoms with E-state index in [1.807, 2.05) is 56.3 Å². The predicted molar refractivity (Wildman–Crippen MR) is 108 cm³/mol. The predicted octanol–water partition coefficient (Wildman–Crippen LogP) is 4.70. The first-order valence-electron chi connectivity index (χ1n) is 9.07. The zero-order valence-corrected chi connectivity index (χ0v) is 16.5. The molecular formula is C20H20N4O3S. The first kappa shape index (κ1) is 18.4. The topological polar surface area (TPSA) is 86.1 Å². The third-order valence-corrected chi connectivity index (χ3v) is 4.83. The molecule has 144 valence electrons. The number of aromatic amines is 1. The molecule has 0 unspecified atom stereocenters. The zero-order valence-electron chi connectivity index (χ0n) is 15.6. The van der Waals surface area contributed by atoms with Crippen molar-refractivity contribution in [1.29, 1.82) is 0 Å². The second-order valence-corrected chi connectivity index (χ2v) is 6.85. The Morgan fingerprint density at radius 3 is 2.75 bits per heavy atom. The van der Waals surface area contributed by atoms with Crippen molar-refractivity contribution in [1.82, 2.24) is 20.1 Å². The fraction of sp³-hybridized carbons (Fsp3) is 0.250. The van der Waals surface area contributed by atoms with Crippen LogP contribution in [0.25, 0.3) is 22.4 Å². The summed E-state index contributed by atoms with van der Waals surface area (Å²) in [4.78, 5) is 12.4. The molecule has 0 atom stereocenters. The molecule has 7 nitrogen and oxygen atoms in total. The summed E-state index contributed by atoms with van der Waals surface area (Å²) >= 11 is 1.51. The van der Waals surface area contributed by atoms with Crippen LogP contribution < -0.4 is 9.47 Å². The van der Waals surface area contributed by atoms with Gasteiger partial charge in [0.15, 0.2) is 5.16 Å². The minimum atomic E-state index is 0.516. The van der Waals surface area contributed by atoms with Crippen molar-refractivity contribution in [2.75, 3.05) is 13.2 Å². The van der Waals surface area contributed by atoms with E-state index in [9.17, 15) is 0 Å². The lowest BCUT2D eigenvalue weighted by atomic mass is 10.2. The Morgan fingerprint density at radius 2 is 1.89 bits per heavy atom. The Hall–Kier alpha value is -3.00. The number of H-pyrrole nitrogens is 1. The number of fused-ring (bicyclic) bond motifs is 1. The first-order valence-corrected chi connectivity index (χ1v) is 10.1. The lowest BCUT2D eigenvalue weighted by Crippen LogP contribution is -1.94. The van der Waals surface area contributed by atoms with Gasteiger partial charge in [-0.25, -0.2) is 4.98 Å². The van der Waals surface area contributed by atoms with Gasteiger partial charge in [-0.2, -0.15) is 4.98 Å². The molecule has 0 radical (unpaired) electrons. The molecule has 0 aliphatic heterocycles. The summed E-state index contributed by atoms with van der Waals surface area (Å²) < 4.78 is 16.6. The Balaban J connectivity index is 1.47. The summed E-state index contributed by atoms with van der Waals surface area (Å²) in [7, 11) is 0. The highest BCUT2D eigenvalue weighted by Crippen LogP contribution is 2.29. The highest BCUT2D eigenvalue weighted by molar-refractivity contribution is 7.98. The van der Waals surface area contributed by atoms with Crippen LogP contribution in [0, 0.1) is 0 Å². The van der Waals surface area contributed by atoms with Crippen molar-refractivity contribution < 1.29 is 14.0 Å². The number of para-hydroxylation sites is 1. The lowest BCUT2D eigenvalue weighted by Gasteiger charge is -2.05. The Kier molecular flexibility index (Phi) is 5.48. The molecule has 0 fully saturated rings. The first-order chi connectivity index (χ1) is 13.8. The number of nitrogens with one attached hydrogen (secondary N) is 1. The number of ether oxygens (including phenoxy) is 2. The van der Waals surface area contributed by atoms with Crippen LogP contribution >= 0.6 is 11.8 Å². The van der Waals surface area contributed by atoms with Gasteiger partial charge in [-0.05, 0) is 38.1 Å². The zero-order chi connectivity index (χ0) is 19.3. The van der Waals surface area contributed by atoms with E-state index in [2.05, 4.69) is 20.1 Å². The van der Waals surface area contributed by atoms with Crippen LogP contribution in [0.5, 0.6) is 11.5 Å². The van der Waals surface area contributed by atoms with Gasteiger partial charge in [-0.1, -0.05) is 29.1 Å². The SMILES string of the molecule is CCOc1ccc2nc(SCc3nc(-c4ccccc4OCC)no3)[nH]c2c1. The summed E-state index contributed by atoms with van der Waals surface area (Å²) in [6.45, 7) is 5.12. The van der Waals surface area contributed by atoms with Crippen molar-refractivity contribution in [3.8, 4) is 22.9 Å². The molecule has 2 aromatic carbocycles. The van der Waals surface area contributed by atoms with Gasteiger partial charge in [0.05, 0.1) is 35.6 Å². The standard InChI is InChI=1S/C20H20N4O3S/c1-3-25-13-9-10-15-16(11-13)22-20(21-15)28-12-18-23-19(24-27-18)14-7-5-6-8-17(14)26-4-2/h5-11H,3-4,12H2,1-2H3,(H,21,22). The molecule has 4 aromatic rings. The summed E-state index contributed by atoms with van der Waals surface area (Å²) in [6, 6.07) is 13.5. The van der Waals surface area contributed by atoms with Crippen molar-refractivity contribution in [3.63, 3.8) is 0 Å². The van der Waals surface area contributed by atoms with Gasteiger partial charge in [0.2, 0.25) is 11.7 Å². The molecule has 0 saturated carbocycles. The van der Waals surface area contributed by atoms with E-state index in [1.54, 1.807) is 0 Å². The van der Waals surface area contributed by atoms with Crippen LogP contribution in [0.1, 0.15) is 19.7 Å². The van der Waals surface area contributed by atoms with Gasteiger partial charge < -0.3 is 19.0 Å². The number of hydrogen-bond donors (Lipinski definition) is 1. The van der Waals surface area contributed by atoms with Crippen molar-refractivity contribution in [2.45, 2.75) is 24.8 Å². The number of hydrogen-bond acceptors (Lipinski definition) is 7. The minimum Gasteiger partial charge on any atom is -0.494 e. The summed E-state index contributed by atoms with van der Waals surface area (Å²) in [5, 5.41) is 4.88. The molecule has 0 aliphatic rings. The van der Waals surface area contributed by atoms with Crippen molar-refractivity contribution >= 4 is 22.8 Å². The van der Waals surface area contributed by atoms with E-state index < -0.39 is 0 Å². The quantitative estimate of drug-likeness (QED) is 0.432. The summed E-state index contributed by atoms with van der Waals surface area (Å²) in [5.74, 6) is 3.13. The van der Waals surface area contributed by atoms with Crippen LogP contribution in [0.4, 0.5) is 0 Å². The number of imidazole rings is 1. The number of rotatable bonds is 8. The third kappa shape index (κ3) is 3.96. The van der Waals surface area contributed by atoms with E-state index in [0.29, 0.717) is 30.7 Å². The fourth-order valence-electron chi connectivity index (χ4n) is 2.78. The van der Waals surface area contributed by atoms with Crippen LogP contribution in [0.15, 0.2) is 52.1 Å². The number of thioether (sulfide) groups is 1. The molecule has 0 aliphatic carbocycles. The molecular weight excluding hydrogens is 376 g/mol. The Bertz CT molecular complexity index is 1080. The van der Waals surface area contributed by atoms with Crippen molar-refractivity contribution in [2.24, 2.45) is 0 Å². The van der Waals surface area contributed by atoms with E-state index in [-0.39, 0.29) is 0 Å².